The van der Waals surface area contributed by atoms with Crippen LogP contribution in [0.1, 0.15) is 13.3 Å². The highest BCUT2D eigenvalue weighted by Gasteiger charge is 2.09. The quantitative estimate of drug-likeness (QED) is 0.761. The molecule has 130 valence electrons. The summed E-state index contributed by atoms with van der Waals surface area (Å²) in [4.78, 5) is 0. The summed E-state index contributed by atoms with van der Waals surface area (Å²) in [6.07, 6.45) is 0.576. The molecule has 2 N–H and O–H groups in total. The van der Waals surface area contributed by atoms with Gasteiger partial charge in [0.15, 0.2) is 0 Å². The Hall–Kier alpha value is -2.41. The van der Waals surface area contributed by atoms with E-state index in [4.69, 9.17) is 9.47 Å². The summed E-state index contributed by atoms with van der Waals surface area (Å²) in [5, 5.41) is 3.23. The number of nitrogens with one attached hydrogen (secondary N) is 2. The van der Waals surface area contributed by atoms with Crippen molar-refractivity contribution in [3.05, 3.63) is 42.5 Å². The van der Waals surface area contributed by atoms with Crippen LogP contribution in [0.4, 0.5) is 17.1 Å². The first-order valence-electron chi connectivity index (χ1n) is 7.57. The number of benzene rings is 2. The predicted molar refractivity (Wildman–Crippen MR) is 97.0 cm³/mol. The SMILES string of the molecule is CCCS(=O)(=O)Nc1ccc(Nc2ccc(OC)cc2OC)cc1. The van der Waals surface area contributed by atoms with Gasteiger partial charge in [0.1, 0.15) is 11.5 Å². The molecule has 0 fully saturated rings. The molecule has 0 unspecified atom stereocenters. The van der Waals surface area contributed by atoms with Crippen LogP contribution in [0.15, 0.2) is 42.5 Å². The second-order valence-corrected chi connectivity index (χ2v) is 7.03. The maximum absolute atomic E-state index is 11.8. The maximum Gasteiger partial charge on any atom is 0.232 e. The lowest BCUT2D eigenvalue weighted by Gasteiger charge is -2.13. The van der Waals surface area contributed by atoms with Crippen LogP contribution in [-0.4, -0.2) is 28.4 Å². The summed E-state index contributed by atoms with van der Waals surface area (Å²) in [5.74, 6) is 1.47. The summed E-state index contributed by atoms with van der Waals surface area (Å²) >= 11 is 0. The monoisotopic (exact) mass is 350 g/mol. The summed E-state index contributed by atoms with van der Waals surface area (Å²) in [6, 6.07) is 12.5. The van der Waals surface area contributed by atoms with Gasteiger partial charge in [0.2, 0.25) is 10.0 Å². The largest absolute Gasteiger partial charge is 0.497 e. The maximum atomic E-state index is 11.8. The van der Waals surface area contributed by atoms with Crippen molar-refractivity contribution in [2.24, 2.45) is 0 Å². The van der Waals surface area contributed by atoms with Crippen molar-refractivity contribution in [1.82, 2.24) is 0 Å². The van der Waals surface area contributed by atoms with Crippen LogP contribution < -0.4 is 19.5 Å². The molecule has 2 aromatic carbocycles. The Balaban J connectivity index is 2.12. The lowest BCUT2D eigenvalue weighted by Crippen LogP contribution is -2.15. The Labute approximate surface area is 142 Å². The Morgan fingerprint density at radius 2 is 1.62 bits per heavy atom. The van der Waals surface area contributed by atoms with Gasteiger partial charge in [-0.1, -0.05) is 6.92 Å². The zero-order valence-electron chi connectivity index (χ0n) is 14.0. The first-order chi connectivity index (χ1) is 11.5. The number of methoxy groups -OCH3 is 2. The van der Waals surface area contributed by atoms with Gasteiger partial charge < -0.3 is 14.8 Å². The molecule has 6 nitrogen and oxygen atoms in total. The van der Waals surface area contributed by atoms with E-state index in [1.54, 1.807) is 44.6 Å². The smallest absolute Gasteiger partial charge is 0.232 e. The molecule has 0 spiro atoms. The van der Waals surface area contributed by atoms with Gasteiger partial charge in [-0.15, -0.1) is 0 Å². The molecular weight excluding hydrogens is 328 g/mol. The van der Waals surface area contributed by atoms with Crippen LogP contribution in [-0.2, 0) is 10.0 Å². The molecule has 0 aliphatic carbocycles. The summed E-state index contributed by atoms with van der Waals surface area (Å²) < 4.78 is 36.6. The average Bonchev–Trinajstić information content (AvgIpc) is 2.56. The van der Waals surface area contributed by atoms with Crippen molar-refractivity contribution in [2.45, 2.75) is 13.3 Å². The molecule has 2 rings (SSSR count). The van der Waals surface area contributed by atoms with Gasteiger partial charge in [-0.25, -0.2) is 8.42 Å². The van der Waals surface area contributed by atoms with E-state index in [0.717, 1.165) is 11.4 Å². The Kier molecular flexibility index (Phi) is 5.92. The molecule has 2 aromatic rings. The molecule has 0 aliphatic heterocycles. The molecule has 0 bridgehead atoms. The van der Waals surface area contributed by atoms with E-state index in [-0.39, 0.29) is 5.75 Å². The van der Waals surface area contributed by atoms with Crippen LogP contribution >= 0.6 is 0 Å². The number of rotatable bonds is 8. The van der Waals surface area contributed by atoms with Crippen LogP contribution in [0.5, 0.6) is 11.5 Å². The second-order valence-electron chi connectivity index (χ2n) is 5.19. The second kappa shape index (κ2) is 7.92. The molecular formula is C17H22N2O4S. The number of sulfonamides is 1. The first kappa shape index (κ1) is 17.9. The standard InChI is InChI=1S/C17H22N2O4S/c1-4-11-24(20,21)19-14-7-5-13(6-8-14)18-16-10-9-15(22-2)12-17(16)23-3/h5-10,12,18-19H,4,11H2,1-3H3. The van der Waals surface area contributed by atoms with Crippen LogP contribution in [0.2, 0.25) is 0 Å². The van der Waals surface area contributed by atoms with Gasteiger partial charge in [-0.05, 0) is 42.8 Å². The predicted octanol–water partition coefficient (Wildman–Crippen LogP) is 3.60. The van der Waals surface area contributed by atoms with E-state index in [1.165, 1.54) is 0 Å². The van der Waals surface area contributed by atoms with Gasteiger partial charge in [0, 0.05) is 17.4 Å². The third kappa shape index (κ3) is 4.79. The molecule has 24 heavy (non-hydrogen) atoms. The summed E-state index contributed by atoms with van der Waals surface area (Å²) in [6.45, 7) is 1.83. The highest BCUT2D eigenvalue weighted by molar-refractivity contribution is 7.92. The fourth-order valence-electron chi connectivity index (χ4n) is 2.18. The molecule has 0 saturated heterocycles. The highest BCUT2D eigenvalue weighted by Crippen LogP contribution is 2.31. The normalized spacial score (nSPS) is 11.0. The van der Waals surface area contributed by atoms with Crippen molar-refractivity contribution in [1.29, 1.82) is 0 Å². The molecule has 0 amide bonds. The van der Waals surface area contributed by atoms with Crippen molar-refractivity contribution >= 4 is 27.1 Å². The van der Waals surface area contributed by atoms with Gasteiger partial charge in [-0.2, -0.15) is 0 Å². The summed E-state index contributed by atoms with van der Waals surface area (Å²) in [5.41, 5.74) is 2.14. The molecule has 0 saturated carbocycles. The minimum absolute atomic E-state index is 0.107. The Bertz CT molecular complexity index is 774. The summed E-state index contributed by atoms with van der Waals surface area (Å²) in [7, 11) is -0.0928. The number of anilines is 3. The fourth-order valence-corrected chi connectivity index (χ4v) is 3.31. The van der Waals surface area contributed by atoms with Crippen molar-refractivity contribution in [2.75, 3.05) is 30.0 Å². The molecule has 0 atom stereocenters. The zero-order chi connectivity index (χ0) is 17.6. The Morgan fingerprint density at radius 1 is 0.958 bits per heavy atom. The number of hydrogen-bond acceptors (Lipinski definition) is 5. The van der Waals surface area contributed by atoms with Gasteiger partial charge in [-0.3, -0.25) is 4.72 Å². The number of hydrogen-bond donors (Lipinski definition) is 2. The van der Waals surface area contributed by atoms with E-state index in [0.29, 0.717) is 23.6 Å². The van der Waals surface area contributed by atoms with E-state index < -0.39 is 10.0 Å². The zero-order valence-corrected chi connectivity index (χ0v) is 14.8. The van der Waals surface area contributed by atoms with Crippen LogP contribution in [0.25, 0.3) is 0 Å². The van der Waals surface area contributed by atoms with Crippen molar-refractivity contribution in [3.8, 4) is 11.5 Å². The average molecular weight is 350 g/mol. The third-order valence-corrected chi connectivity index (χ3v) is 4.81. The molecule has 0 radical (unpaired) electrons. The van der Waals surface area contributed by atoms with Crippen molar-refractivity contribution in [3.63, 3.8) is 0 Å². The molecule has 0 heterocycles. The van der Waals surface area contributed by atoms with E-state index in [2.05, 4.69) is 10.0 Å². The van der Waals surface area contributed by atoms with E-state index in [9.17, 15) is 8.42 Å². The lowest BCUT2D eigenvalue weighted by molar-refractivity contribution is 0.395. The minimum atomic E-state index is -3.28. The lowest BCUT2D eigenvalue weighted by atomic mass is 10.2. The molecule has 7 heteroatoms. The Morgan fingerprint density at radius 3 is 2.21 bits per heavy atom. The van der Waals surface area contributed by atoms with E-state index >= 15 is 0 Å². The van der Waals surface area contributed by atoms with Crippen LogP contribution in [0.3, 0.4) is 0 Å². The topological polar surface area (TPSA) is 76.7 Å². The molecule has 0 aromatic heterocycles. The molecule has 0 aliphatic rings. The van der Waals surface area contributed by atoms with Gasteiger partial charge in [0.25, 0.3) is 0 Å². The highest BCUT2D eigenvalue weighted by atomic mass is 32.2. The number of ether oxygens (including phenoxy) is 2. The van der Waals surface area contributed by atoms with Gasteiger partial charge in [0.05, 0.1) is 25.7 Å². The third-order valence-electron chi connectivity index (χ3n) is 3.32. The minimum Gasteiger partial charge on any atom is -0.497 e. The fraction of sp³-hybridized carbons (Fsp3) is 0.294. The van der Waals surface area contributed by atoms with Crippen LogP contribution in [0, 0.1) is 0 Å². The van der Waals surface area contributed by atoms with Gasteiger partial charge >= 0.3 is 0 Å². The van der Waals surface area contributed by atoms with Crippen molar-refractivity contribution < 1.29 is 17.9 Å². The first-order valence-corrected chi connectivity index (χ1v) is 9.22. The van der Waals surface area contributed by atoms with E-state index in [1.807, 2.05) is 19.1 Å².